The Balaban J connectivity index is 1.20. The molecule has 244 valence electrons. The molecule has 4 aliphatic rings. The van der Waals surface area contributed by atoms with Crippen LogP contribution in [0, 0.1) is 23.7 Å². The molecule has 0 radical (unpaired) electrons. The predicted octanol–water partition coefficient (Wildman–Crippen LogP) is 5.16. The van der Waals surface area contributed by atoms with Crippen molar-refractivity contribution in [2.75, 3.05) is 6.61 Å². The molecular formula is C36H43N3O7. The summed E-state index contributed by atoms with van der Waals surface area (Å²) in [7, 11) is 0. The van der Waals surface area contributed by atoms with E-state index in [0.717, 1.165) is 59.5 Å². The highest BCUT2D eigenvalue weighted by molar-refractivity contribution is 5.92. The Morgan fingerprint density at radius 3 is 2.30 bits per heavy atom. The first kappa shape index (κ1) is 31.6. The van der Waals surface area contributed by atoms with Crippen molar-refractivity contribution in [1.29, 1.82) is 0 Å². The Hall–Kier alpha value is -4.34. The maximum Gasteiger partial charge on any atom is 0.408 e. The van der Waals surface area contributed by atoms with Crippen LogP contribution < -0.4 is 10.6 Å². The van der Waals surface area contributed by atoms with Crippen LogP contribution in [0.4, 0.5) is 4.79 Å². The van der Waals surface area contributed by atoms with Crippen molar-refractivity contribution in [3.05, 3.63) is 71.9 Å². The smallest absolute Gasteiger partial charge is 0.408 e. The molecule has 2 amide bonds. The summed E-state index contributed by atoms with van der Waals surface area (Å²) >= 11 is 0. The molecule has 2 aromatic carbocycles. The third-order valence-electron chi connectivity index (χ3n) is 10.1. The van der Waals surface area contributed by atoms with Crippen LogP contribution in [0.15, 0.2) is 60.8 Å². The third-order valence-corrected chi connectivity index (χ3v) is 10.1. The number of carbonyl (C=O) groups is 4. The predicted molar refractivity (Wildman–Crippen MR) is 171 cm³/mol. The minimum atomic E-state index is -1.41. The molecular weight excluding hydrogens is 586 g/mol. The van der Waals surface area contributed by atoms with Gasteiger partial charge >= 0.3 is 18.0 Å². The van der Waals surface area contributed by atoms with Gasteiger partial charge in [-0.2, -0.15) is 0 Å². The van der Waals surface area contributed by atoms with E-state index in [1.54, 1.807) is 6.92 Å². The highest BCUT2D eigenvalue weighted by Gasteiger charge is 2.50. The van der Waals surface area contributed by atoms with E-state index in [0.29, 0.717) is 18.3 Å². The van der Waals surface area contributed by atoms with E-state index in [1.807, 2.05) is 60.8 Å². The number of carbonyl (C=O) groups excluding carboxylic acids is 3. The molecule has 1 aromatic heterocycles. The number of benzene rings is 2. The number of aromatic nitrogens is 1. The summed E-state index contributed by atoms with van der Waals surface area (Å²) in [5, 5.41) is 15.9. The first-order chi connectivity index (χ1) is 22.1. The van der Waals surface area contributed by atoms with Crippen LogP contribution in [0.25, 0.3) is 10.9 Å². The summed E-state index contributed by atoms with van der Waals surface area (Å²) < 4.78 is 11.6. The van der Waals surface area contributed by atoms with Crippen molar-refractivity contribution in [2.24, 2.45) is 23.7 Å². The normalized spacial score (nSPS) is 24.9. The Morgan fingerprint density at radius 1 is 0.935 bits per heavy atom. The summed E-state index contributed by atoms with van der Waals surface area (Å²) in [5.74, 6) is 0.0384. The molecule has 4 fully saturated rings. The van der Waals surface area contributed by atoms with Gasteiger partial charge < -0.3 is 30.2 Å². The standard InChI is InChI=1S/C36H43N3O7/c1-36(19-27-20-37-30-10-6-5-9-29(27)30,39-35(44)46-33-25-14-23-13-24(16-25)17-26(33)15-23)34(43)38-28(18-22-7-3-2-4-8-22)21-45-32(42)12-11-31(40)41/h2-10,20,23-26,28,33,37H,11-19,21H2,1H3,(H,38,43)(H,39,44)(H,40,41). The molecule has 0 aliphatic heterocycles. The van der Waals surface area contributed by atoms with Gasteiger partial charge in [-0.3, -0.25) is 14.4 Å². The maximum atomic E-state index is 14.3. The number of aromatic amines is 1. The molecule has 4 bridgehead atoms. The average molecular weight is 630 g/mol. The number of para-hydroxylation sites is 1. The number of aliphatic carboxylic acids is 1. The van der Waals surface area contributed by atoms with Crippen molar-refractivity contribution in [3.8, 4) is 0 Å². The molecule has 2 unspecified atom stereocenters. The number of rotatable bonds is 13. The molecule has 4 saturated carbocycles. The molecule has 10 heteroatoms. The lowest BCUT2D eigenvalue weighted by Crippen LogP contribution is -2.61. The molecule has 1 heterocycles. The van der Waals surface area contributed by atoms with E-state index in [1.165, 1.54) is 6.42 Å². The number of H-pyrrole nitrogens is 1. The van der Waals surface area contributed by atoms with Gasteiger partial charge in [-0.1, -0.05) is 48.5 Å². The Morgan fingerprint density at radius 2 is 1.61 bits per heavy atom. The molecule has 7 rings (SSSR count). The molecule has 10 nitrogen and oxygen atoms in total. The molecule has 4 aliphatic carbocycles. The number of amides is 2. The lowest BCUT2D eigenvalue weighted by Gasteiger charge is -2.53. The van der Waals surface area contributed by atoms with E-state index in [9.17, 15) is 19.2 Å². The highest BCUT2D eigenvalue weighted by Crippen LogP contribution is 2.54. The van der Waals surface area contributed by atoms with Gasteiger partial charge in [0.2, 0.25) is 5.91 Å². The SMILES string of the molecule is CC(Cc1c[nH]c2ccccc12)(NC(=O)OC1C2CC3CC(C2)CC1C3)C(=O)NC(COC(=O)CCC(=O)O)Cc1ccccc1. The zero-order valence-electron chi connectivity index (χ0n) is 26.2. The molecule has 0 spiro atoms. The van der Waals surface area contributed by atoms with Crippen LogP contribution >= 0.6 is 0 Å². The zero-order valence-corrected chi connectivity index (χ0v) is 26.2. The van der Waals surface area contributed by atoms with E-state index >= 15 is 0 Å². The second-order valence-corrected chi connectivity index (χ2v) is 13.7. The van der Waals surface area contributed by atoms with Crippen molar-refractivity contribution < 1.29 is 33.8 Å². The fourth-order valence-corrected chi connectivity index (χ4v) is 8.16. The van der Waals surface area contributed by atoms with Crippen molar-refractivity contribution in [3.63, 3.8) is 0 Å². The van der Waals surface area contributed by atoms with Crippen LogP contribution in [0.2, 0.25) is 0 Å². The van der Waals surface area contributed by atoms with Gasteiger partial charge in [0.05, 0.1) is 18.9 Å². The molecule has 46 heavy (non-hydrogen) atoms. The van der Waals surface area contributed by atoms with Gasteiger partial charge in [0.1, 0.15) is 18.2 Å². The Kier molecular flexibility index (Phi) is 9.33. The van der Waals surface area contributed by atoms with E-state index in [4.69, 9.17) is 14.6 Å². The lowest BCUT2D eigenvalue weighted by molar-refractivity contribution is -0.148. The zero-order chi connectivity index (χ0) is 32.3. The van der Waals surface area contributed by atoms with Gasteiger partial charge in [-0.05, 0) is 86.3 Å². The number of alkyl carbamates (subject to hydrolysis) is 1. The topological polar surface area (TPSA) is 147 Å². The number of hydrogen-bond acceptors (Lipinski definition) is 6. The van der Waals surface area contributed by atoms with Crippen molar-refractivity contribution >= 4 is 34.8 Å². The maximum absolute atomic E-state index is 14.3. The van der Waals surface area contributed by atoms with E-state index in [-0.39, 0.29) is 32.0 Å². The van der Waals surface area contributed by atoms with Crippen molar-refractivity contribution in [2.45, 2.75) is 82.4 Å². The van der Waals surface area contributed by atoms with Crippen LogP contribution in [0.5, 0.6) is 0 Å². The minimum absolute atomic E-state index is 0.135. The summed E-state index contributed by atoms with van der Waals surface area (Å²) in [6, 6.07) is 16.6. The van der Waals surface area contributed by atoms with Crippen molar-refractivity contribution in [1.82, 2.24) is 15.6 Å². The number of ether oxygens (including phenoxy) is 2. The van der Waals surface area contributed by atoms with E-state index in [2.05, 4.69) is 15.6 Å². The second kappa shape index (κ2) is 13.6. The van der Waals surface area contributed by atoms with E-state index < -0.39 is 35.5 Å². The van der Waals surface area contributed by atoms with Crippen LogP contribution in [0.3, 0.4) is 0 Å². The molecule has 4 N–H and O–H groups in total. The lowest BCUT2D eigenvalue weighted by atomic mass is 9.55. The van der Waals surface area contributed by atoms with Gasteiger partial charge in [-0.25, -0.2) is 4.79 Å². The summed E-state index contributed by atoms with van der Waals surface area (Å²) in [5.41, 5.74) is 1.30. The Bertz CT molecular complexity index is 1540. The number of carboxylic acid groups (broad SMARTS) is 1. The van der Waals surface area contributed by atoms with Crippen LogP contribution in [0.1, 0.15) is 63.0 Å². The first-order valence-electron chi connectivity index (χ1n) is 16.4. The third kappa shape index (κ3) is 7.37. The largest absolute Gasteiger partial charge is 0.481 e. The molecule has 2 atom stereocenters. The molecule has 3 aromatic rings. The van der Waals surface area contributed by atoms with Crippen LogP contribution in [-0.2, 0) is 36.7 Å². The fraction of sp³-hybridized carbons (Fsp3) is 0.500. The number of fused-ring (bicyclic) bond motifs is 1. The Labute approximate surface area is 268 Å². The van der Waals surface area contributed by atoms with Crippen LogP contribution in [-0.4, -0.2) is 58.3 Å². The average Bonchev–Trinajstić information content (AvgIpc) is 3.43. The second-order valence-electron chi connectivity index (χ2n) is 13.7. The monoisotopic (exact) mass is 629 g/mol. The number of nitrogens with one attached hydrogen (secondary N) is 3. The molecule has 0 saturated heterocycles. The van der Waals surface area contributed by atoms with Gasteiger partial charge in [-0.15, -0.1) is 0 Å². The first-order valence-corrected chi connectivity index (χ1v) is 16.4. The number of carboxylic acids is 1. The van der Waals surface area contributed by atoms with Gasteiger partial charge in [0, 0.05) is 23.5 Å². The van der Waals surface area contributed by atoms with Gasteiger partial charge in [0.15, 0.2) is 0 Å². The fourth-order valence-electron chi connectivity index (χ4n) is 8.16. The number of esters is 1. The minimum Gasteiger partial charge on any atom is -0.481 e. The number of hydrogen-bond donors (Lipinski definition) is 4. The summed E-state index contributed by atoms with van der Waals surface area (Å²) in [6.07, 6.45) is 6.77. The quantitative estimate of drug-likeness (QED) is 0.191. The summed E-state index contributed by atoms with van der Waals surface area (Å²) in [6.45, 7) is 1.54. The van der Waals surface area contributed by atoms with Gasteiger partial charge in [0.25, 0.3) is 0 Å². The highest BCUT2D eigenvalue weighted by atomic mass is 16.6. The summed E-state index contributed by atoms with van der Waals surface area (Å²) in [4.78, 5) is 54.3.